The zero-order valence-electron chi connectivity index (χ0n) is 9.41. The molecular weight excluding hydrogens is 331 g/mol. The molecule has 0 bridgehead atoms. The van der Waals surface area contributed by atoms with Crippen molar-refractivity contribution < 1.29 is 4.52 Å². The number of halogens is 1. The van der Waals surface area contributed by atoms with E-state index in [1.165, 1.54) is 0 Å². The maximum absolute atomic E-state index is 7.52. The Bertz CT molecular complexity index is 572. The van der Waals surface area contributed by atoms with Gasteiger partial charge in [0, 0.05) is 17.3 Å². The van der Waals surface area contributed by atoms with Gasteiger partial charge < -0.3 is 10.3 Å². The molecule has 88 valence electrons. The molecule has 6 heteroatoms. The van der Waals surface area contributed by atoms with Crippen LogP contribution in [0.3, 0.4) is 0 Å². The molecule has 2 aromatic rings. The van der Waals surface area contributed by atoms with Crippen molar-refractivity contribution in [2.45, 2.75) is 13.8 Å². The van der Waals surface area contributed by atoms with Gasteiger partial charge in [0.25, 0.3) is 0 Å². The van der Waals surface area contributed by atoms with Gasteiger partial charge in [0.15, 0.2) is 0 Å². The summed E-state index contributed by atoms with van der Waals surface area (Å²) in [7, 11) is 0. The largest absolute Gasteiger partial charge is 0.397 e. The number of nitrogen functional groups attached to an aromatic ring is 1. The van der Waals surface area contributed by atoms with Gasteiger partial charge in [0.05, 0.1) is 11.4 Å². The van der Waals surface area contributed by atoms with E-state index in [1.54, 1.807) is 12.3 Å². The van der Waals surface area contributed by atoms with Crippen LogP contribution in [-0.4, -0.2) is 13.9 Å². The van der Waals surface area contributed by atoms with Crippen LogP contribution < -0.4 is 5.73 Å². The molecule has 0 aliphatic rings. The molecule has 0 amide bonds. The fourth-order valence-electron chi connectivity index (χ4n) is 1.70. The van der Waals surface area contributed by atoms with Gasteiger partial charge >= 0.3 is 0 Å². The molecule has 0 saturated carbocycles. The molecule has 3 N–H and O–H groups in total. The molecule has 17 heavy (non-hydrogen) atoms. The van der Waals surface area contributed by atoms with Crippen LogP contribution in [0.1, 0.15) is 17.1 Å². The van der Waals surface area contributed by atoms with E-state index in [-0.39, 0.29) is 0 Å². The molecular formula is C11H11IN4O. The van der Waals surface area contributed by atoms with Crippen LogP contribution in [0.25, 0.3) is 11.1 Å². The Morgan fingerprint density at radius 2 is 2.18 bits per heavy atom. The van der Waals surface area contributed by atoms with Gasteiger partial charge in [-0.05, 0) is 42.5 Å². The van der Waals surface area contributed by atoms with Crippen molar-refractivity contribution >= 4 is 32.0 Å². The minimum Gasteiger partial charge on any atom is -0.397 e. The van der Waals surface area contributed by atoms with Crippen molar-refractivity contribution in [1.82, 2.24) is 10.1 Å². The van der Waals surface area contributed by atoms with Crippen molar-refractivity contribution in [3.63, 3.8) is 0 Å². The Kier molecular flexibility index (Phi) is 3.14. The third-order valence-corrected chi connectivity index (χ3v) is 2.96. The van der Waals surface area contributed by atoms with Crippen LogP contribution in [0.5, 0.6) is 0 Å². The Labute approximate surface area is 112 Å². The summed E-state index contributed by atoms with van der Waals surface area (Å²) < 4.78 is 5.43. The summed E-state index contributed by atoms with van der Waals surface area (Å²) in [6.07, 6.45) is 1.69. The quantitative estimate of drug-likeness (QED) is 0.649. The number of rotatable bonds is 2. The van der Waals surface area contributed by atoms with Crippen LogP contribution in [-0.2, 0) is 0 Å². The molecule has 0 aliphatic carbocycles. The summed E-state index contributed by atoms with van der Waals surface area (Å²) in [5, 5.41) is 11.4. The van der Waals surface area contributed by atoms with Gasteiger partial charge in [0.2, 0.25) is 0 Å². The Morgan fingerprint density at radius 1 is 1.47 bits per heavy atom. The molecule has 0 spiro atoms. The standard InChI is InChI=1S/C11H11IN4O/c1-5-9(6(2)17-16-5)7-3-8(13)10(11(12)14)15-4-7/h3-4,14H,13H2,1-2H3. The van der Waals surface area contributed by atoms with Crippen molar-refractivity contribution in [3.8, 4) is 11.1 Å². The number of aryl methyl sites for hydroxylation is 2. The SMILES string of the molecule is Cc1noc(C)c1-c1cnc(C(=N)I)c(N)c1. The first-order valence-electron chi connectivity index (χ1n) is 4.94. The molecule has 0 unspecified atom stereocenters. The highest BCUT2D eigenvalue weighted by atomic mass is 127. The van der Waals surface area contributed by atoms with Crippen molar-refractivity contribution in [1.29, 1.82) is 5.41 Å². The normalized spacial score (nSPS) is 10.5. The average molecular weight is 342 g/mol. The van der Waals surface area contributed by atoms with E-state index in [9.17, 15) is 0 Å². The first kappa shape index (κ1) is 12.0. The molecule has 2 heterocycles. The first-order chi connectivity index (χ1) is 8.00. The Morgan fingerprint density at radius 3 is 2.65 bits per heavy atom. The second kappa shape index (κ2) is 4.44. The van der Waals surface area contributed by atoms with Gasteiger partial charge in [-0.1, -0.05) is 5.16 Å². The van der Waals surface area contributed by atoms with E-state index < -0.39 is 0 Å². The molecule has 0 radical (unpaired) electrons. The predicted octanol–water partition coefficient (Wildman–Crippen LogP) is 2.70. The summed E-state index contributed by atoms with van der Waals surface area (Å²) in [6.45, 7) is 3.72. The highest BCUT2D eigenvalue weighted by molar-refractivity contribution is 14.1. The van der Waals surface area contributed by atoms with Gasteiger partial charge in [-0.2, -0.15) is 0 Å². The van der Waals surface area contributed by atoms with E-state index in [2.05, 4.69) is 10.1 Å². The topological polar surface area (TPSA) is 88.8 Å². The third kappa shape index (κ3) is 2.17. The van der Waals surface area contributed by atoms with Crippen molar-refractivity contribution in [2.75, 3.05) is 5.73 Å². The van der Waals surface area contributed by atoms with Gasteiger partial charge in [-0.25, -0.2) is 0 Å². The predicted molar refractivity (Wildman–Crippen MR) is 74.5 cm³/mol. The second-order valence-electron chi connectivity index (χ2n) is 3.67. The number of anilines is 1. The number of pyridine rings is 1. The van der Waals surface area contributed by atoms with Crippen LogP contribution in [0.15, 0.2) is 16.8 Å². The molecule has 0 aliphatic heterocycles. The Balaban J connectivity index is 2.56. The van der Waals surface area contributed by atoms with Crippen LogP contribution in [0.2, 0.25) is 0 Å². The summed E-state index contributed by atoms with van der Waals surface area (Å²) in [6, 6.07) is 1.79. The van der Waals surface area contributed by atoms with Crippen LogP contribution in [0, 0.1) is 19.3 Å². The molecule has 2 rings (SSSR count). The van der Waals surface area contributed by atoms with E-state index in [0.717, 1.165) is 22.6 Å². The molecule has 0 aromatic carbocycles. The van der Waals surface area contributed by atoms with Gasteiger partial charge in [0.1, 0.15) is 15.2 Å². The van der Waals surface area contributed by atoms with Gasteiger partial charge in [-0.15, -0.1) is 0 Å². The lowest BCUT2D eigenvalue weighted by molar-refractivity contribution is 0.393. The molecule has 2 aromatic heterocycles. The first-order valence-corrected chi connectivity index (χ1v) is 6.01. The minimum atomic E-state index is 0.324. The number of nitrogens with zero attached hydrogens (tertiary/aromatic N) is 2. The molecule has 0 atom stereocenters. The summed E-state index contributed by atoms with van der Waals surface area (Å²) in [5.74, 6) is 0.737. The van der Waals surface area contributed by atoms with Crippen LogP contribution >= 0.6 is 22.6 Å². The molecule has 0 fully saturated rings. The fraction of sp³-hybridized carbons (Fsp3) is 0.182. The second-order valence-corrected chi connectivity index (χ2v) is 4.75. The minimum absolute atomic E-state index is 0.324. The maximum Gasteiger partial charge on any atom is 0.141 e. The summed E-state index contributed by atoms with van der Waals surface area (Å²) >= 11 is 1.88. The zero-order valence-corrected chi connectivity index (χ0v) is 11.6. The van der Waals surface area contributed by atoms with E-state index in [0.29, 0.717) is 15.1 Å². The van der Waals surface area contributed by atoms with Crippen LogP contribution in [0.4, 0.5) is 5.69 Å². The van der Waals surface area contributed by atoms with E-state index >= 15 is 0 Å². The van der Waals surface area contributed by atoms with E-state index in [1.807, 2.05) is 36.4 Å². The highest BCUT2D eigenvalue weighted by Crippen LogP contribution is 2.28. The third-order valence-electron chi connectivity index (χ3n) is 2.45. The summed E-state index contributed by atoms with van der Waals surface area (Å²) in [5.41, 5.74) is 9.44. The summed E-state index contributed by atoms with van der Waals surface area (Å²) in [4.78, 5) is 4.19. The lowest BCUT2D eigenvalue weighted by Gasteiger charge is -2.05. The average Bonchev–Trinajstić information content (AvgIpc) is 2.58. The number of nitrogens with one attached hydrogen (secondary N) is 1. The lowest BCUT2D eigenvalue weighted by atomic mass is 10.1. The number of hydrogen-bond acceptors (Lipinski definition) is 5. The molecule has 5 nitrogen and oxygen atoms in total. The van der Waals surface area contributed by atoms with Crippen molar-refractivity contribution in [3.05, 3.63) is 29.4 Å². The van der Waals surface area contributed by atoms with Gasteiger partial charge in [-0.3, -0.25) is 10.4 Å². The van der Waals surface area contributed by atoms with E-state index in [4.69, 9.17) is 15.7 Å². The Hall–Kier alpha value is -1.44. The smallest absolute Gasteiger partial charge is 0.141 e. The van der Waals surface area contributed by atoms with Crippen molar-refractivity contribution in [2.24, 2.45) is 0 Å². The number of nitrogens with two attached hydrogens (primary N) is 1. The number of hydrogen-bond donors (Lipinski definition) is 2. The zero-order chi connectivity index (χ0) is 12.6. The highest BCUT2D eigenvalue weighted by Gasteiger charge is 2.14. The monoisotopic (exact) mass is 342 g/mol. The fourth-order valence-corrected chi connectivity index (χ4v) is 2.15. The molecule has 0 saturated heterocycles. The maximum atomic E-state index is 7.52. The number of aromatic nitrogens is 2. The lowest BCUT2D eigenvalue weighted by Crippen LogP contribution is -2.01.